The normalized spacial score (nSPS) is 14.2. The third kappa shape index (κ3) is 14.6. The summed E-state index contributed by atoms with van der Waals surface area (Å²) in [6, 6.07) is 10.1. The second-order valence-corrected chi connectivity index (χ2v) is 14.8. The summed E-state index contributed by atoms with van der Waals surface area (Å²) in [4.78, 5) is 90.8. The fourth-order valence-corrected chi connectivity index (χ4v) is 6.79. The first-order chi connectivity index (χ1) is 28.6. The fraction of sp³-hybridized carbons (Fsp3) is 0.439. The maximum absolute atomic E-state index is 14.3. The number of imidazole rings is 1. The SMILES string of the molecule is NCCCC[C@@H](C=O)NC(=O)[C@H](Cc1c[nH]c2ccccc12)NC(=O)[C@H](Cc1ccccc1)NC(=O)[C@H](CCCCN)NC(=O)[C@H](CS)NC(=O)[C@@H](N)Cc1cnc[nH]1. The molecule has 0 saturated heterocycles. The Kier molecular flexibility index (Phi) is 19.1. The summed E-state index contributed by atoms with van der Waals surface area (Å²) in [7, 11) is 0. The molecule has 0 saturated carbocycles. The van der Waals surface area contributed by atoms with E-state index in [0.29, 0.717) is 57.2 Å². The van der Waals surface area contributed by atoms with Crippen molar-refractivity contribution in [2.24, 2.45) is 17.2 Å². The van der Waals surface area contributed by atoms with Crippen LogP contribution in [-0.2, 0) is 48.0 Å². The van der Waals surface area contributed by atoms with Gasteiger partial charge in [0.05, 0.1) is 18.4 Å². The predicted molar refractivity (Wildman–Crippen MR) is 228 cm³/mol. The Balaban J connectivity index is 1.56. The van der Waals surface area contributed by atoms with Gasteiger partial charge in [0.2, 0.25) is 29.5 Å². The minimum atomic E-state index is -1.20. The third-order valence-corrected chi connectivity index (χ3v) is 10.2. The molecule has 0 fully saturated rings. The van der Waals surface area contributed by atoms with E-state index in [1.54, 1.807) is 36.7 Å². The lowest BCUT2D eigenvalue weighted by Crippen LogP contribution is -2.60. The molecule has 0 bridgehead atoms. The van der Waals surface area contributed by atoms with Crippen molar-refractivity contribution in [3.05, 3.63) is 90.1 Å². The summed E-state index contributed by atoms with van der Waals surface area (Å²) < 4.78 is 0. The van der Waals surface area contributed by atoms with Crippen LogP contribution in [0.4, 0.5) is 0 Å². The summed E-state index contributed by atoms with van der Waals surface area (Å²) in [5.41, 5.74) is 20.4. The average molecular weight is 832 g/mol. The molecular weight excluding hydrogens is 775 g/mol. The molecule has 13 N–H and O–H groups in total. The number of hydrogen-bond acceptors (Lipinski definition) is 11. The molecule has 0 spiro atoms. The standard InChI is InChI=1S/C41H57N11O6S/c42-16-8-6-12-28(23-53)48-39(56)35(19-27-21-46-32-14-5-4-13-30(27)32)51-40(57)34(18-26-10-2-1-3-11-26)50-38(55)33(15-7-9-17-43)49-41(58)36(24-59)52-37(54)31(44)20-29-22-45-25-47-29/h1-5,10-11,13-14,21-23,25,28,31,33-36,46,59H,6-9,12,15-20,24,42-44H2,(H,45,47)(H,48,56)(H,49,58)(H,50,55)(H,51,57)(H,52,54)/t28-,31-,33-,34-,35-,36-/m0/s1. The average Bonchev–Trinajstić information content (AvgIpc) is 3.91. The van der Waals surface area contributed by atoms with Gasteiger partial charge in [-0.1, -0.05) is 48.5 Å². The highest BCUT2D eigenvalue weighted by Gasteiger charge is 2.32. The zero-order valence-corrected chi connectivity index (χ0v) is 33.9. The Morgan fingerprint density at radius 2 is 1.27 bits per heavy atom. The zero-order valence-electron chi connectivity index (χ0n) is 33.0. The van der Waals surface area contributed by atoms with Crippen molar-refractivity contribution in [2.45, 2.75) is 94.0 Å². The summed E-state index contributed by atoms with van der Waals surface area (Å²) in [5, 5.41) is 14.6. The van der Waals surface area contributed by atoms with Crippen LogP contribution in [0.25, 0.3) is 10.9 Å². The highest BCUT2D eigenvalue weighted by molar-refractivity contribution is 7.80. The number of amides is 5. The number of aromatic nitrogens is 3. The lowest BCUT2D eigenvalue weighted by Gasteiger charge is -2.27. The summed E-state index contributed by atoms with van der Waals surface area (Å²) >= 11 is 4.27. The monoisotopic (exact) mass is 831 g/mol. The first kappa shape index (κ1) is 46.1. The number of benzene rings is 2. The number of H-pyrrole nitrogens is 2. The van der Waals surface area contributed by atoms with Crippen LogP contribution in [0.2, 0.25) is 0 Å². The van der Waals surface area contributed by atoms with Crippen molar-refractivity contribution in [2.75, 3.05) is 18.8 Å². The number of fused-ring (bicyclic) bond motifs is 1. The number of unbranched alkanes of at least 4 members (excludes halogenated alkanes) is 2. The lowest BCUT2D eigenvalue weighted by atomic mass is 10.0. The minimum Gasteiger partial charge on any atom is -0.361 e. The number of hydrogen-bond donors (Lipinski definition) is 11. The molecule has 0 aliphatic carbocycles. The number of carbonyl (C=O) groups is 6. The van der Waals surface area contributed by atoms with Gasteiger partial charge < -0.3 is 58.5 Å². The van der Waals surface area contributed by atoms with Crippen molar-refractivity contribution in [1.29, 1.82) is 0 Å². The molecule has 4 aromatic rings. The van der Waals surface area contributed by atoms with Crippen LogP contribution < -0.4 is 43.8 Å². The number of carbonyl (C=O) groups excluding carboxylic acids is 6. The molecule has 17 nitrogen and oxygen atoms in total. The van der Waals surface area contributed by atoms with Gasteiger partial charge in [0, 0.05) is 54.0 Å². The molecule has 18 heteroatoms. The van der Waals surface area contributed by atoms with Crippen molar-refractivity contribution < 1.29 is 28.8 Å². The molecule has 0 unspecified atom stereocenters. The van der Waals surface area contributed by atoms with E-state index >= 15 is 0 Å². The van der Waals surface area contributed by atoms with Gasteiger partial charge >= 0.3 is 0 Å². The van der Waals surface area contributed by atoms with E-state index in [-0.39, 0.29) is 31.4 Å². The number of nitrogens with zero attached hydrogens (tertiary/aromatic N) is 1. The Morgan fingerprint density at radius 1 is 0.678 bits per heavy atom. The topological polar surface area (TPSA) is 285 Å². The molecule has 2 aromatic heterocycles. The number of nitrogens with one attached hydrogen (secondary N) is 7. The smallest absolute Gasteiger partial charge is 0.244 e. The Labute approximate surface area is 349 Å². The van der Waals surface area contributed by atoms with Gasteiger partial charge in [-0.25, -0.2) is 4.98 Å². The number of rotatable bonds is 26. The van der Waals surface area contributed by atoms with Crippen LogP contribution in [0.3, 0.4) is 0 Å². The van der Waals surface area contributed by atoms with E-state index in [0.717, 1.165) is 22.0 Å². The number of aldehydes is 1. The molecule has 6 atom stereocenters. The molecule has 0 aliphatic rings. The van der Waals surface area contributed by atoms with Crippen LogP contribution >= 0.6 is 12.6 Å². The first-order valence-electron chi connectivity index (χ1n) is 19.9. The van der Waals surface area contributed by atoms with Gasteiger partial charge in [-0.05, 0) is 68.8 Å². The number of nitrogens with two attached hydrogens (primary N) is 3. The van der Waals surface area contributed by atoms with Gasteiger partial charge in [-0.3, -0.25) is 24.0 Å². The highest BCUT2D eigenvalue weighted by atomic mass is 32.1. The van der Waals surface area contributed by atoms with Gasteiger partial charge in [0.25, 0.3) is 0 Å². The molecule has 318 valence electrons. The van der Waals surface area contributed by atoms with Crippen molar-refractivity contribution in [1.82, 2.24) is 41.5 Å². The first-order valence-corrected chi connectivity index (χ1v) is 20.5. The van der Waals surface area contributed by atoms with Crippen LogP contribution in [0.1, 0.15) is 55.3 Å². The number of thiol groups is 1. The Bertz CT molecular complexity index is 1940. The zero-order chi connectivity index (χ0) is 42.6. The van der Waals surface area contributed by atoms with E-state index in [9.17, 15) is 28.8 Å². The number of aromatic amines is 2. The molecule has 4 rings (SSSR count). The molecule has 59 heavy (non-hydrogen) atoms. The third-order valence-electron chi connectivity index (χ3n) is 9.84. The second kappa shape index (κ2) is 24.4. The van der Waals surface area contributed by atoms with Crippen LogP contribution in [0, 0.1) is 0 Å². The van der Waals surface area contributed by atoms with Crippen molar-refractivity contribution >= 4 is 59.4 Å². The molecule has 2 aromatic carbocycles. The molecule has 2 heterocycles. The highest BCUT2D eigenvalue weighted by Crippen LogP contribution is 2.20. The summed E-state index contributed by atoms with van der Waals surface area (Å²) in [6.45, 7) is 0.794. The quantitative estimate of drug-likeness (QED) is 0.0230. The fourth-order valence-electron chi connectivity index (χ4n) is 6.53. The van der Waals surface area contributed by atoms with Crippen LogP contribution in [-0.4, -0.2) is 106 Å². The Morgan fingerprint density at radius 3 is 1.93 bits per heavy atom. The van der Waals surface area contributed by atoms with E-state index in [2.05, 4.69) is 54.2 Å². The number of para-hydroxylation sites is 1. The van der Waals surface area contributed by atoms with E-state index in [1.807, 2.05) is 30.3 Å². The second-order valence-electron chi connectivity index (χ2n) is 14.4. The van der Waals surface area contributed by atoms with Gasteiger partial charge in [-0.15, -0.1) is 0 Å². The Hall–Kier alpha value is -5.56. The maximum Gasteiger partial charge on any atom is 0.244 e. The van der Waals surface area contributed by atoms with Gasteiger partial charge in [0.1, 0.15) is 30.5 Å². The van der Waals surface area contributed by atoms with Crippen molar-refractivity contribution in [3.63, 3.8) is 0 Å². The van der Waals surface area contributed by atoms with Crippen LogP contribution in [0.15, 0.2) is 73.3 Å². The van der Waals surface area contributed by atoms with Crippen LogP contribution in [0.5, 0.6) is 0 Å². The predicted octanol–water partition coefficient (Wildman–Crippen LogP) is 0.0569. The lowest BCUT2D eigenvalue weighted by molar-refractivity contribution is -0.134. The largest absolute Gasteiger partial charge is 0.361 e. The van der Waals surface area contributed by atoms with E-state index in [1.165, 1.54) is 6.33 Å². The van der Waals surface area contributed by atoms with E-state index in [4.69, 9.17) is 17.2 Å². The minimum absolute atomic E-state index is 0.0445. The molecule has 0 aliphatic heterocycles. The summed E-state index contributed by atoms with van der Waals surface area (Å²) in [6.07, 6.45) is 8.56. The van der Waals surface area contributed by atoms with E-state index < -0.39 is 65.8 Å². The van der Waals surface area contributed by atoms with Gasteiger partial charge in [0.15, 0.2) is 0 Å². The summed E-state index contributed by atoms with van der Waals surface area (Å²) in [5.74, 6) is -3.27. The maximum atomic E-state index is 14.3. The molecule has 5 amide bonds. The molecule has 0 radical (unpaired) electrons. The van der Waals surface area contributed by atoms with Crippen molar-refractivity contribution in [3.8, 4) is 0 Å². The molecular formula is C41H57N11O6S. The van der Waals surface area contributed by atoms with Gasteiger partial charge in [-0.2, -0.15) is 12.6 Å².